The molecule has 1 aromatic carbocycles. The van der Waals surface area contributed by atoms with Crippen molar-refractivity contribution in [2.24, 2.45) is 0 Å². The zero-order valence-electron chi connectivity index (χ0n) is 26.4. The number of anilines is 2. The first-order valence-electron chi connectivity index (χ1n) is 15.8. The minimum atomic E-state index is -0.213. The molecule has 1 aliphatic carbocycles. The summed E-state index contributed by atoms with van der Waals surface area (Å²) in [7, 11) is 0. The van der Waals surface area contributed by atoms with E-state index in [0.29, 0.717) is 40.9 Å². The number of rotatable bonds is 12. The standard InChI is InChI=1S/C31H41ClN10O4/c1-20-15-40(16-21(2)45-20)25-5-7-26(8-6-25)42-18-28(30(37-42)44-11-10-43)36-31-33-13-24(14-34-31)23-4-9-27(32)29(12-23)46-22(3)17-41-19-35-38-39-41/h4,9,12-14,18-22,25-26,43H,5-8,10-11,15-17H2,1-3H3,(H,33,34,36)/t20-,21+,22?,25?,26?. The summed E-state index contributed by atoms with van der Waals surface area (Å²) in [5.41, 5.74) is 2.31. The summed E-state index contributed by atoms with van der Waals surface area (Å²) in [5, 5.41) is 29.1. The Balaban J connectivity index is 1.10. The molecule has 3 aromatic heterocycles. The minimum absolute atomic E-state index is 0.109. The Morgan fingerprint density at radius 2 is 1.80 bits per heavy atom. The van der Waals surface area contributed by atoms with Crippen molar-refractivity contribution < 1.29 is 19.3 Å². The molecule has 1 aliphatic heterocycles. The van der Waals surface area contributed by atoms with Crippen LogP contribution >= 0.6 is 11.6 Å². The topological polar surface area (TPSA) is 150 Å². The molecule has 15 heteroatoms. The molecule has 2 aliphatic rings. The molecule has 2 fully saturated rings. The van der Waals surface area contributed by atoms with E-state index in [1.165, 1.54) is 6.33 Å². The van der Waals surface area contributed by atoms with E-state index in [-0.39, 0.29) is 37.6 Å². The number of nitrogens with zero attached hydrogens (tertiary/aromatic N) is 9. The fraction of sp³-hybridized carbons (Fsp3) is 0.548. The molecule has 1 saturated heterocycles. The second kappa shape index (κ2) is 14.7. The second-order valence-electron chi connectivity index (χ2n) is 12.1. The number of hydrogen-bond donors (Lipinski definition) is 2. The molecule has 0 bridgehead atoms. The Hall–Kier alpha value is -3.85. The Bertz CT molecular complexity index is 1540. The summed E-state index contributed by atoms with van der Waals surface area (Å²) in [4.78, 5) is 11.7. The van der Waals surface area contributed by atoms with Crippen LogP contribution in [0.4, 0.5) is 11.6 Å². The van der Waals surface area contributed by atoms with Gasteiger partial charge >= 0.3 is 0 Å². The zero-order valence-corrected chi connectivity index (χ0v) is 27.1. The maximum Gasteiger partial charge on any atom is 0.257 e. The van der Waals surface area contributed by atoms with Crippen LogP contribution < -0.4 is 14.8 Å². The van der Waals surface area contributed by atoms with Gasteiger partial charge in [0.1, 0.15) is 30.5 Å². The van der Waals surface area contributed by atoms with Crippen molar-refractivity contribution >= 4 is 23.2 Å². The molecule has 1 saturated carbocycles. The van der Waals surface area contributed by atoms with Gasteiger partial charge in [-0.15, -0.1) is 10.2 Å². The summed E-state index contributed by atoms with van der Waals surface area (Å²) in [6, 6.07) is 6.38. The molecular weight excluding hydrogens is 612 g/mol. The molecule has 0 amide bonds. The first-order chi connectivity index (χ1) is 22.3. The maximum absolute atomic E-state index is 9.39. The van der Waals surface area contributed by atoms with E-state index in [4.69, 9.17) is 30.9 Å². The van der Waals surface area contributed by atoms with Crippen LogP contribution in [0.1, 0.15) is 52.5 Å². The summed E-state index contributed by atoms with van der Waals surface area (Å²) < 4.78 is 21.4. The van der Waals surface area contributed by atoms with E-state index in [9.17, 15) is 5.11 Å². The molecule has 0 radical (unpaired) electrons. The summed E-state index contributed by atoms with van der Waals surface area (Å²) in [6.07, 6.45) is 11.6. The highest BCUT2D eigenvalue weighted by Crippen LogP contribution is 2.36. The average molecular weight is 653 g/mol. The lowest BCUT2D eigenvalue weighted by atomic mass is 9.89. The van der Waals surface area contributed by atoms with Crippen molar-refractivity contribution in [3.05, 3.63) is 48.1 Å². The number of ether oxygens (including phenoxy) is 3. The summed E-state index contributed by atoms with van der Waals surface area (Å²) >= 11 is 6.43. The molecule has 246 valence electrons. The van der Waals surface area contributed by atoms with E-state index in [1.54, 1.807) is 23.1 Å². The van der Waals surface area contributed by atoms with Crippen LogP contribution in [0.2, 0.25) is 5.02 Å². The largest absolute Gasteiger partial charge is 0.487 e. The Labute approximate surface area is 273 Å². The monoisotopic (exact) mass is 652 g/mol. The Morgan fingerprint density at radius 3 is 2.50 bits per heavy atom. The van der Waals surface area contributed by atoms with Crippen LogP contribution in [0.25, 0.3) is 11.1 Å². The number of aromatic nitrogens is 8. The number of aliphatic hydroxyl groups excluding tert-OH is 1. The predicted molar refractivity (Wildman–Crippen MR) is 171 cm³/mol. The van der Waals surface area contributed by atoms with Crippen LogP contribution in [-0.4, -0.2) is 101 Å². The van der Waals surface area contributed by atoms with Gasteiger partial charge in [-0.05, 0) is 74.6 Å². The highest BCUT2D eigenvalue weighted by Gasteiger charge is 2.32. The molecule has 0 spiro atoms. The smallest absolute Gasteiger partial charge is 0.257 e. The average Bonchev–Trinajstić information content (AvgIpc) is 3.71. The molecule has 1 unspecified atom stereocenters. The summed E-state index contributed by atoms with van der Waals surface area (Å²) in [5.74, 6) is 1.36. The zero-order chi connectivity index (χ0) is 32.0. The van der Waals surface area contributed by atoms with Gasteiger partial charge in [0.25, 0.3) is 5.88 Å². The second-order valence-corrected chi connectivity index (χ2v) is 12.5. The minimum Gasteiger partial charge on any atom is -0.487 e. The van der Waals surface area contributed by atoms with E-state index in [0.717, 1.165) is 49.9 Å². The fourth-order valence-corrected chi connectivity index (χ4v) is 6.48. The molecule has 3 atom stereocenters. The normalized spacial score (nSPS) is 22.8. The molecular formula is C31H41ClN10O4. The van der Waals surface area contributed by atoms with Gasteiger partial charge in [0, 0.05) is 37.1 Å². The quantitative estimate of drug-likeness (QED) is 0.226. The van der Waals surface area contributed by atoms with Crippen molar-refractivity contribution in [2.45, 2.75) is 83.4 Å². The molecule has 4 heterocycles. The number of benzene rings is 1. The van der Waals surface area contributed by atoms with Gasteiger partial charge in [-0.1, -0.05) is 17.7 Å². The van der Waals surface area contributed by atoms with Crippen LogP contribution in [0.15, 0.2) is 43.1 Å². The van der Waals surface area contributed by atoms with E-state index in [1.807, 2.05) is 29.9 Å². The van der Waals surface area contributed by atoms with Gasteiger partial charge in [-0.2, -0.15) is 0 Å². The lowest BCUT2D eigenvalue weighted by molar-refractivity contribution is -0.0852. The number of tetrazole rings is 1. The highest BCUT2D eigenvalue weighted by atomic mass is 35.5. The van der Waals surface area contributed by atoms with Crippen LogP contribution in [0.5, 0.6) is 11.6 Å². The number of nitrogens with one attached hydrogen (secondary N) is 1. The van der Waals surface area contributed by atoms with Crippen LogP contribution in [-0.2, 0) is 11.3 Å². The Morgan fingerprint density at radius 1 is 1.07 bits per heavy atom. The van der Waals surface area contributed by atoms with Crippen molar-refractivity contribution in [3.8, 4) is 22.8 Å². The highest BCUT2D eigenvalue weighted by molar-refractivity contribution is 6.32. The third-order valence-electron chi connectivity index (χ3n) is 8.36. The van der Waals surface area contributed by atoms with Crippen molar-refractivity contribution in [1.82, 2.24) is 44.9 Å². The molecule has 46 heavy (non-hydrogen) atoms. The van der Waals surface area contributed by atoms with E-state index >= 15 is 0 Å². The van der Waals surface area contributed by atoms with Gasteiger partial charge in [-0.25, -0.2) is 14.6 Å². The van der Waals surface area contributed by atoms with Crippen molar-refractivity contribution in [1.29, 1.82) is 0 Å². The van der Waals surface area contributed by atoms with Gasteiger partial charge in [-0.3, -0.25) is 9.58 Å². The summed E-state index contributed by atoms with van der Waals surface area (Å²) in [6.45, 7) is 8.72. The first kappa shape index (κ1) is 32.1. The third kappa shape index (κ3) is 7.92. The molecule has 2 N–H and O–H groups in total. The van der Waals surface area contributed by atoms with Crippen molar-refractivity contribution in [2.75, 3.05) is 31.6 Å². The van der Waals surface area contributed by atoms with Gasteiger partial charge in [0.15, 0.2) is 0 Å². The van der Waals surface area contributed by atoms with Gasteiger partial charge in [0.2, 0.25) is 5.95 Å². The number of halogens is 1. The Kier molecular flexibility index (Phi) is 10.3. The van der Waals surface area contributed by atoms with Crippen LogP contribution in [0, 0.1) is 0 Å². The molecule has 14 nitrogen and oxygen atoms in total. The SMILES string of the molecule is CC(Cn1cnnn1)Oc1cc(-c2cnc(Nc3cn(C4CCC(N5C[C@@H](C)O[C@@H](C)C5)CC4)nc3OCCO)nc2)ccc1Cl. The maximum atomic E-state index is 9.39. The number of morpholine rings is 1. The van der Waals surface area contributed by atoms with Gasteiger partial charge in [0.05, 0.1) is 42.6 Å². The van der Waals surface area contributed by atoms with Crippen LogP contribution in [0.3, 0.4) is 0 Å². The number of hydrogen-bond acceptors (Lipinski definition) is 12. The number of aliphatic hydroxyl groups is 1. The van der Waals surface area contributed by atoms with E-state index < -0.39 is 0 Å². The first-order valence-corrected chi connectivity index (χ1v) is 16.2. The third-order valence-corrected chi connectivity index (χ3v) is 8.67. The van der Waals surface area contributed by atoms with E-state index in [2.05, 4.69) is 49.6 Å². The molecule has 6 rings (SSSR count). The predicted octanol–water partition coefficient (Wildman–Crippen LogP) is 4.16. The lowest BCUT2D eigenvalue weighted by Crippen LogP contribution is -2.51. The van der Waals surface area contributed by atoms with Crippen molar-refractivity contribution in [3.63, 3.8) is 0 Å². The lowest BCUT2D eigenvalue weighted by Gasteiger charge is -2.42. The molecule has 4 aromatic rings. The fourth-order valence-electron chi connectivity index (χ4n) is 6.32. The van der Waals surface area contributed by atoms with Gasteiger partial charge < -0.3 is 24.6 Å².